The van der Waals surface area contributed by atoms with Gasteiger partial charge in [0.05, 0.1) is 17.8 Å². The predicted molar refractivity (Wildman–Crippen MR) is 103 cm³/mol. The van der Waals surface area contributed by atoms with Gasteiger partial charge < -0.3 is 24.6 Å². The molecule has 1 spiro atoms. The van der Waals surface area contributed by atoms with Crippen molar-refractivity contribution in [3.05, 3.63) is 24.3 Å². The Morgan fingerprint density at radius 1 is 1.26 bits per heavy atom. The summed E-state index contributed by atoms with van der Waals surface area (Å²) in [6.07, 6.45) is 1.86. The van der Waals surface area contributed by atoms with E-state index in [2.05, 4.69) is 5.32 Å². The number of carbonyl (C=O) groups excluding carboxylic acids is 2. The maximum Gasteiger partial charge on any atom is 0.322 e. The van der Waals surface area contributed by atoms with Crippen LogP contribution in [0, 0.1) is 0 Å². The minimum absolute atomic E-state index is 0.115. The zero-order valence-electron chi connectivity index (χ0n) is 16.2. The molecule has 0 atom stereocenters. The first-order valence-corrected chi connectivity index (χ1v) is 9.75. The van der Waals surface area contributed by atoms with Crippen molar-refractivity contribution in [3.63, 3.8) is 0 Å². The van der Waals surface area contributed by atoms with Gasteiger partial charge in [-0.3, -0.25) is 4.79 Å². The van der Waals surface area contributed by atoms with E-state index in [9.17, 15) is 9.59 Å². The molecule has 7 heteroatoms. The smallest absolute Gasteiger partial charge is 0.322 e. The maximum absolute atomic E-state index is 13.0. The summed E-state index contributed by atoms with van der Waals surface area (Å²) in [5.41, 5.74) is 0.311. The van der Waals surface area contributed by atoms with Crippen LogP contribution in [0.15, 0.2) is 24.3 Å². The highest BCUT2D eigenvalue weighted by atomic mass is 16.5. The fourth-order valence-electron chi connectivity index (χ4n) is 4.06. The van der Waals surface area contributed by atoms with Crippen molar-refractivity contribution in [2.75, 3.05) is 44.8 Å². The highest BCUT2D eigenvalue weighted by molar-refractivity contribution is 5.91. The van der Waals surface area contributed by atoms with E-state index in [1.165, 1.54) is 0 Å². The van der Waals surface area contributed by atoms with Gasteiger partial charge in [0, 0.05) is 39.3 Å². The van der Waals surface area contributed by atoms with E-state index < -0.39 is 0 Å². The minimum atomic E-state index is -0.336. The first-order valence-electron chi connectivity index (χ1n) is 9.75. The van der Waals surface area contributed by atoms with Crippen LogP contribution in [0.3, 0.4) is 0 Å². The quantitative estimate of drug-likeness (QED) is 0.878. The van der Waals surface area contributed by atoms with Crippen molar-refractivity contribution in [2.24, 2.45) is 0 Å². The largest absolute Gasteiger partial charge is 0.492 e. The molecule has 2 fully saturated rings. The Kier molecular flexibility index (Phi) is 6.21. The number of anilines is 1. The highest BCUT2D eigenvalue weighted by Crippen LogP contribution is 2.32. The molecule has 2 heterocycles. The van der Waals surface area contributed by atoms with Crippen LogP contribution in [0.25, 0.3) is 0 Å². The standard InChI is InChI=1S/C20H29N3O4/c1-3-23-18(24)9-12-22(15-20(23)10-13-26-14-11-20)19(25)21-16-7-5-6-8-17(16)27-4-2/h5-8H,3-4,9-15H2,1-2H3,(H,21,25). The molecule has 148 valence electrons. The Morgan fingerprint density at radius 3 is 2.70 bits per heavy atom. The molecule has 3 amide bonds. The van der Waals surface area contributed by atoms with Gasteiger partial charge in [0.25, 0.3) is 0 Å². The van der Waals surface area contributed by atoms with Crippen LogP contribution in [-0.4, -0.2) is 66.7 Å². The normalized spacial score (nSPS) is 19.7. The predicted octanol–water partition coefficient (Wildman–Crippen LogP) is 2.72. The van der Waals surface area contributed by atoms with Crippen LogP contribution >= 0.6 is 0 Å². The average Bonchev–Trinajstić information content (AvgIpc) is 2.80. The molecular formula is C20H29N3O4. The second-order valence-corrected chi connectivity index (χ2v) is 7.01. The summed E-state index contributed by atoms with van der Waals surface area (Å²) in [4.78, 5) is 29.4. The lowest BCUT2D eigenvalue weighted by Gasteiger charge is -2.46. The third-order valence-corrected chi connectivity index (χ3v) is 5.41. The molecule has 1 aromatic carbocycles. The first kappa shape index (κ1) is 19.5. The van der Waals surface area contributed by atoms with Gasteiger partial charge in [-0.25, -0.2) is 4.79 Å². The average molecular weight is 375 g/mol. The lowest BCUT2D eigenvalue weighted by molar-refractivity contribution is -0.139. The third-order valence-electron chi connectivity index (χ3n) is 5.41. The molecule has 1 aromatic rings. The van der Waals surface area contributed by atoms with Gasteiger partial charge >= 0.3 is 6.03 Å². The van der Waals surface area contributed by atoms with Gasteiger partial charge in [-0.15, -0.1) is 0 Å². The molecular weight excluding hydrogens is 346 g/mol. The number of ether oxygens (including phenoxy) is 2. The van der Waals surface area contributed by atoms with Gasteiger partial charge in [0.2, 0.25) is 5.91 Å². The summed E-state index contributed by atoms with van der Waals surface area (Å²) in [6.45, 7) is 7.27. The molecule has 1 N–H and O–H groups in total. The second kappa shape index (κ2) is 8.61. The summed E-state index contributed by atoms with van der Waals surface area (Å²) in [7, 11) is 0. The summed E-state index contributed by atoms with van der Waals surface area (Å²) in [5.74, 6) is 0.764. The minimum Gasteiger partial charge on any atom is -0.492 e. The number of benzene rings is 1. The third kappa shape index (κ3) is 4.18. The number of hydrogen-bond donors (Lipinski definition) is 1. The monoisotopic (exact) mass is 375 g/mol. The van der Waals surface area contributed by atoms with E-state index in [0.29, 0.717) is 57.3 Å². The van der Waals surface area contributed by atoms with Crippen molar-refractivity contribution in [3.8, 4) is 5.75 Å². The van der Waals surface area contributed by atoms with E-state index in [1.807, 2.05) is 43.0 Å². The molecule has 0 unspecified atom stereocenters. The number of nitrogens with zero attached hydrogens (tertiary/aromatic N) is 2. The molecule has 0 aromatic heterocycles. The van der Waals surface area contributed by atoms with Crippen LogP contribution in [-0.2, 0) is 9.53 Å². The molecule has 2 aliphatic rings. The molecule has 0 aliphatic carbocycles. The topological polar surface area (TPSA) is 71.1 Å². The molecule has 3 rings (SSSR count). The molecule has 27 heavy (non-hydrogen) atoms. The molecule has 7 nitrogen and oxygen atoms in total. The van der Waals surface area contributed by atoms with E-state index in [0.717, 1.165) is 12.8 Å². The van der Waals surface area contributed by atoms with Crippen molar-refractivity contribution in [1.82, 2.24) is 9.80 Å². The van der Waals surface area contributed by atoms with Crippen molar-refractivity contribution in [2.45, 2.75) is 38.6 Å². The number of amides is 3. The molecule has 2 saturated heterocycles. The van der Waals surface area contributed by atoms with E-state index >= 15 is 0 Å². The van der Waals surface area contributed by atoms with Crippen LogP contribution in [0.4, 0.5) is 10.5 Å². The van der Waals surface area contributed by atoms with Crippen molar-refractivity contribution >= 4 is 17.6 Å². The zero-order valence-corrected chi connectivity index (χ0v) is 16.2. The number of rotatable bonds is 4. The second-order valence-electron chi connectivity index (χ2n) is 7.01. The lowest BCUT2D eigenvalue weighted by atomic mass is 9.87. The number of carbonyl (C=O) groups is 2. The van der Waals surface area contributed by atoms with Gasteiger partial charge in [-0.1, -0.05) is 12.1 Å². The summed E-state index contributed by atoms with van der Waals surface area (Å²) >= 11 is 0. The molecule has 0 saturated carbocycles. The molecule has 0 radical (unpaired) electrons. The Bertz CT molecular complexity index is 673. The first-order chi connectivity index (χ1) is 13.1. The number of urea groups is 1. The van der Waals surface area contributed by atoms with E-state index in [4.69, 9.17) is 9.47 Å². The highest BCUT2D eigenvalue weighted by Gasteiger charge is 2.44. The Hall–Kier alpha value is -2.28. The Labute approximate surface area is 160 Å². The Morgan fingerprint density at radius 2 is 2.00 bits per heavy atom. The van der Waals surface area contributed by atoms with Crippen molar-refractivity contribution in [1.29, 1.82) is 0 Å². The maximum atomic E-state index is 13.0. The summed E-state index contributed by atoms with van der Waals surface area (Å²) < 4.78 is 11.1. The number of likely N-dealkylation sites (N-methyl/N-ethyl adjacent to an activating group) is 1. The van der Waals surface area contributed by atoms with Gasteiger partial charge in [-0.05, 0) is 38.8 Å². The number of para-hydroxylation sites is 2. The van der Waals surface area contributed by atoms with E-state index in [-0.39, 0.29) is 17.5 Å². The fourth-order valence-corrected chi connectivity index (χ4v) is 4.06. The molecule has 2 aliphatic heterocycles. The van der Waals surface area contributed by atoms with Crippen LogP contribution in [0.5, 0.6) is 5.75 Å². The van der Waals surface area contributed by atoms with E-state index in [1.54, 1.807) is 4.90 Å². The van der Waals surface area contributed by atoms with Crippen LogP contribution in [0.2, 0.25) is 0 Å². The van der Waals surface area contributed by atoms with Gasteiger partial charge in [0.1, 0.15) is 5.75 Å². The van der Waals surface area contributed by atoms with Crippen molar-refractivity contribution < 1.29 is 19.1 Å². The van der Waals surface area contributed by atoms with Crippen LogP contribution < -0.4 is 10.1 Å². The summed E-state index contributed by atoms with van der Waals surface area (Å²) in [5, 5.41) is 2.96. The SMILES string of the molecule is CCOc1ccccc1NC(=O)N1CCC(=O)N(CC)C2(CCOCC2)C1. The van der Waals surface area contributed by atoms with Gasteiger partial charge in [-0.2, -0.15) is 0 Å². The zero-order chi connectivity index (χ0) is 19.3. The summed E-state index contributed by atoms with van der Waals surface area (Å²) in [6, 6.07) is 7.21. The Balaban J connectivity index is 1.79. The van der Waals surface area contributed by atoms with Gasteiger partial charge in [0.15, 0.2) is 0 Å². The van der Waals surface area contributed by atoms with Crippen LogP contribution in [0.1, 0.15) is 33.1 Å². The lowest BCUT2D eigenvalue weighted by Crippen LogP contribution is -2.59. The fraction of sp³-hybridized carbons (Fsp3) is 0.600. The number of nitrogens with one attached hydrogen (secondary N) is 1. The molecule has 0 bridgehead atoms. The number of hydrogen-bond acceptors (Lipinski definition) is 4.